The number of hydrogen-bond acceptors (Lipinski definition) is 3. The molecule has 1 aromatic carbocycles. The number of aryl methyl sites for hydroxylation is 1. The molecule has 120 valence electrons. The first-order chi connectivity index (χ1) is 9.95. The molecule has 0 aliphatic rings. The first kappa shape index (κ1) is 18.6. The van der Waals surface area contributed by atoms with E-state index in [2.05, 4.69) is 6.92 Å². The quantitative estimate of drug-likeness (QED) is 0.554. The number of unbranched alkanes of at least 4 members (excludes halogenated alkanes) is 5. The predicted molar refractivity (Wildman–Crippen MR) is 93.5 cm³/mol. The van der Waals surface area contributed by atoms with Gasteiger partial charge in [-0.05, 0) is 32.4 Å². The summed E-state index contributed by atoms with van der Waals surface area (Å²) in [6, 6.07) is 7.45. The summed E-state index contributed by atoms with van der Waals surface area (Å²) in [4.78, 5) is 0.609. The number of hydrogen-bond donors (Lipinski definition) is 0. The minimum Gasteiger partial charge on any atom is -0.283 e. The fourth-order valence-electron chi connectivity index (χ4n) is 2.24. The molecule has 0 aromatic heterocycles. The van der Waals surface area contributed by atoms with E-state index in [-0.39, 0.29) is 6.10 Å². The van der Waals surface area contributed by atoms with Crippen molar-refractivity contribution in [3.63, 3.8) is 0 Å². The molecule has 0 N–H and O–H groups in total. The first-order valence-corrected chi connectivity index (χ1v) is 10.4. The average Bonchev–Trinajstić information content (AvgIpc) is 2.42. The summed E-state index contributed by atoms with van der Waals surface area (Å²) in [5, 5.41) is 0. The fraction of sp³-hybridized carbons (Fsp3) is 0.647. The van der Waals surface area contributed by atoms with E-state index in [1.165, 1.54) is 32.1 Å². The van der Waals surface area contributed by atoms with Crippen LogP contribution in [0.3, 0.4) is 0 Å². The molecule has 1 aromatic rings. The van der Waals surface area contributed by atoms with Crippen LogP contribution in [-0.4, -0.2) is 10.3 Å². The standard InChI is InChI=1S/C17H28O2S2/c1-4-5-6-7-8-9-10-16(3)19-21(18,20)17-13-11-15(2)12-14-17/h11-14,16H,4-10H2,1-3H3. The van der Waals surface area contributed by atoms with Crippen LogP contribution in [0.15, 0.2) is 29.2 Å². The van der Waals surface area contributed by atoms with Crippen molar-refractivity contribution < 1.29 is 8.39 Å². The maximum absolute atomic E-state index is 12.5. The Hall–Kier alpha value is -0.450. The average molecular weight is 329 g/mol. The van der Waals surface area contributed by atoms with Crippen LogP contribution in [0.1, 0.15) is 64.4 Å². The highest BCUT2D eigenvalue weighted by Crippen LogP contribution is 2.18. The van der Waals surface area contributed by atoms with Gasteiger partial charge in [-0.3, -0.25) is 4.18 Å². The van der Waals surface area contributed by atoms with E-state index in [0.29, 0.717) is 4.90 Å². The van der Waals surface area contributed by atoms with Gasteiger partial charge >= 0.3 is 0 Å². The molecule has 2 unspecified atom stereocenters. The van der Waals surface area contributed by atoms with Gasteiger partial charge in [-0.1, -0.05) is 63.1 Å². The molecule has 0 aliphatic carbocycles. The molecule has 0 saturated carbocycles. The van der Waals surface area contributed by atoms with Gasteiger partial charge in [0.25, 0.3) is 0 Å². The normalized spacial score (nSPS) is 15.6. The Balaban J connectivity index is 2.36. The third-order valence-electron chi connectivity index (χ3n) is 3.56. The van der Waals surface area contributed by atoms with Crippen LogP contribution in [0.25, 0.3) is 0 Å². The Morgan fingerprint density at radius 2 is 1.67 bits per heavy atom. The monoisotopic (exact) mass is 328 g/mol. The molecule has 0 saturated heterocycles. The summed E-state index contributed by atoms with van der Waals surface area (Å²) in [5.41, 5.74) is 1.13. The van der Waals surface area contributed by atoms with Gasteiger partial charge in [0.1, 0.15) is 0 Å². The van der Waals surface area contributed by atoms with Crippen molar-refractivity contribution in [2.75, 3.05) is 0 Å². The molecule has 0 aliphatic heterocycles. The maximum atomic E-state index is 12.5. The van der Waals surface area contributed by atoms with Crippen LogP contribution in [0.5, 0.6) is 0 Å². The van der Waals surface area contributed by atoms with Crippen molar-refractivity contribution in [2.45, 2.75) is 76.7 Å². The molecule has 1 rings (SSSR count). The van der Waals surface area contributed by atoms with Crippen LogP contribution >= 0.6 is 0 Å². The van der Waals surface area contributed by atoms with Crippen molar-refractivity contribution >= 4 is 20.0 Å². The molecule has 0 radical (unpaired) electrons. The Kier molecular flexibility index (Phi) is 8.45. The number of rotatable bonds is 10. The van der Waals surface area contributed by atoms with Crippen molar-refractivity contribution in [1.29, 1.82) is 0 Å². The lowest BCUT2D eigenvalue weighted by Gasteiger charge is -2.15. The van der Waals surface area contributed by atoms with Gasteiger partial charge in [0, 0.05) is 11.2 Å². The van der Waals surface area contributed by atoms with E-state index in [1.54, 1.807) is 0 Å². The van der Waals surface area contributed by atoms with E-state index in [4.69, 9.17) is 15.4 Å². The SMILES string of the molecule is CCCCCCCCC(C)OS(=O)(=S)c1ccc(C)cc1. The highest BCUT2D eigenvalue weighted by atomic mass is 32.8. The lowest BCUT2D eigenvalue weighted by Crippen LogP contribution is -2.14. The molecular formula is C17H28O2S2. The summed E-state index contributed by atoms with van der Waals surface area (Å²) in [6.07, 6.45) is 8.39. The van der Waals surface area contributed by atoms with Crippen LogP contribution in [0.4, 0.5) is 0 Å². The smallest absolute Gasteiger partial charge is 0.173 e. The molecular weight excluding hydrogens is 300 g/mol. The lowest BCUT2D eigenvalue weighted by atomic mass is 10.1. The second-order valence-electron chi connectivity index (χ2n) is 5.73. The first-order valence-electron chi connectivity index (χ1n) is 7.95. The van der Waals surface area contributed by atoms with Gasteiger partial charge in [-0.2, -0.15) is 0 Å². The molecule has 4 heteroatoms. The zero-order valence-electron chi connectivity index (χ0n) is 13.5. The summed E-state index contributed by atoms with van der Waals surface area (Å²) < 4.78 is 18.1. The van der Waals surface area contributed by atoms with Gasteiger partial charge in [-0.25, -0.2) is 4.21 Å². The van der Waals surface area contributed by atoms with Crippen molar-refractivity contribution in [1.82, 2.24) is 0 Å². The minimum absolute atomic E-state index is 0.0533. The van der Waals surface area contributed by atoms with Crippen molar-refractivity contribution in [3.05, 3.63) is 29.8 Å². The molecule has 0 heterocycles. The Morgan fingerprint density at radius 1 is 1.10 bits per heavy atom. The molecule has 0 fully saturated rings. The van der Waals surface area contributed by atoms with Crippen LogP contribution in [-0.2, 0) is 24.1 Å². The maximum Gasteiger partial charge on any atom is 0.173 e. The van der Waals surface area contributed by atoms with Gasteiger partial charge < -0.3 is 0 Å². The van der Waals surface area contributed by atoms with Crippen LogP contribution in [0.2, 0.25) is 0 Å². The molecule has 21 heavy (non-hydrogen) atoms. The van der Waals surface area contributed by atoms with Crippen molar-refractivity contribution in [2.24, 2.45) is 0 Å². The highest BCUT2D eigenvalue weighted by molar-refractivity contribution is 8.30. The minimum atomic E-state index is -2.79. The molecule has 0 spiro atoms. The summed E-state index contributed by atoms with van der Waals surface area (Å²) in [7, 11) is -2.79. The second-order valence-corrected chi connectivity index (χ2v) is 8.62. The summed E-state index contributed by atoms with van der Waals surface area (Å²) >= 11 is 5.17. The Labute approximate surface area is 135 Å². The summed E-state index contributed by atoms with van der Waals surface area (Å²) in [5.74, 6) is 0. The van der Waals surface area contributed by atoms with Crippen molar-refractivity contribution in [3.8, 4) is 0 Å². The molecule has 2 nitrogen and oxygen atoms in total. The van der Waals surface area contributed by atoms with E-state index < -0.39 is 8.77 Å². The highest BCUT2D eigenvalue weighted by Gasteiger charge is 2.15. The predicted octanol–water partition coefficient (Wildman–Crippen LogP) is 5.17. The number of benzene rings is 1. The van der Waals surface area contributed by atoms with Gasteiger partial charge in [0.05, 0.1) is 11.0 Å². The third-order valence-corrected chi connectivity index (χ3v) is 5.81. The van der Waals surface area contributed by atoms with E-state index in [1.807, 2.05) is 38.1 Å². The van der Waals surface area contributed by atoms with Crippen LogP contribution in [0, 0.1) is 6.92 Å². The fourth-order valence-corrected chi connectivity index (χ4v) is 4.08. The molecule has 0 amide bonds. The summed E-state index contributed by atoms with van der Waals surface area (Å²) in [6.45, 7) is 6.18. The van der Waals surface area contributed by atoms with Gasteiger partial charge in [0.2, 0.25) is 0 Å². The topological polar surface area (TPSA) is 26.3 Å². The van der Waals surface area contributed by atoms with Gasteiger partial charge in [-0.15, -0.1) is 0 Å². The van der Waals surface area contributed by atoms with E-state index in [9.17, 15) is 4.21 Å². The van der Waals surface area contributed by atoms with E-state index >= 15 is 0 Å². The Bertz CT molecular complexity index is 492. The lowest BCUT2D eigenvalue weighted by molar-refractivity contribution is 0.229. The third kappa shape index (κ3) is 7.39. The largest absolute Gasteiger partial charge is 0.283 e. The van der Waals surface area contributed by atoms with Crippen LogP contribution < -0.4 is 0 Å². The van der Waals surface area contributed by atoms with Gasteiger partial charge in [0.15, 0.2) is 8.77 Å². The zero-order chi connectivity index (χ0) is 15.7. The Morgan fingerprint density at radius 3 is 2.29 bits per heavy atom. The molecule has 0 bridgehead atoms. The van der Waals surface area contributed by atoms with E-state index in [0.717, 1.165) is 18.4 Å². The second kappa shape index (κ2) is 9.54. The zero-order valence-corrected chi connectivity index (χ0v) is 15.1. The molecule has 2 atom stereocenters.